The molecule has 0 fully saturated rings. The monoisotopic (exact) mass is 338 g/mol. The van der Waals surface area contributed by atoms with Crippen molar-refractivity contribution in [2.24, 2.45) is 0 Å². The van der Waals surface area contributed by atoms with Gasteiger partial charge in [-0.2, -0.15) is 0 Å². The van der Waals surface area contributed by atoms with Crippen molar-refractivity contribution in [3.05, 3.63) is 96.1 Å². The quantitative estimate of drug-likeness (QED) is 0.309. The maximum atomic E-state index is 2.29. The first kappa shape index (κ1) is 16.8. The van der Waals surface area contributed by atoms with Gasteiger partial charge in [-0.3, -0.25) is 0 Å². The highest BCUT2D eigenvalue weighted by molar-refractivity contribution is 5.86. The van der Waals surface area contributed by atoms with Crippen LogP contribution in [0.15, 0.2) is 84.9 Å². The third kappa shape index (κ3) is 3.80. The minimum absolute atomic E-state index is 1.19. The number of hydrogen-bond donors (Lipinski definition) is 0. The standard InChI is InChI=1S/C26H26/c1(3-11-21-15-9-17-23-13-5-7-19-25(21)23)2-4-12-22-16-10-18-24-14-6-8-20-26(22)24/h5-10,13-20H,1-4,11-12H2. The van der Waals surface area contributed by atoms with Gasteiger partial charge in [0.25, 0.3) is 0 Å². The van der Waals surface area contributed by atoms with E-state index in [2.05, 4.69) is 84.9 Å². The molecule has 0 amide bonds. The van der Waals surface area contributed by atoms with E-state index in [0.717, 1.165) is 0 Å². The number of unbranched alkanes of at least 4 members (excludes halogenated alkanes) is 3. The van der Waals surface area contributed by atoms with Crippen LogP contribution in [0, 0.1) is 0 Å². The molecule has 0 aliphatic carbocycles. The summed E-state index contributed by atoms with van der Waals surface area (Å²) in [5, 5.41) is 5.57. The Labute approximate surface area is 156 Å². The molecule has 0 atom stereocenters. The molecule has 0 N–H and O–H groups in total. The van der Waals surface area contributed by atoms with Crippen LogP contribution in [0.1, 0.15) is 36.8 Å². The second-order valence-electron chi connectivity index (χ2n) is 7.19. The van der Waals surface area contributed by atoms with E-state index in [4.69, 9.17) is 0 Å². The molecule has 0 saturated heterocycles. The second kappa shape index (κ2) is 8.19. The van der Waals surface area contributed by atoms with Crippen LogP contribution in [0.3, 0.4) is 0 Å². The lowest BCUT2D eigenvalue weighted by atomic mass is 9.97. The van der Waals surface area contributed by atoms with Crippen molar-refractivity contribution in [3.8, 4) is 0 Å². The highest BCUT2D eigenvalue weighted by Gasteiger charge is 2.02. The van der Waals surface area contributed by atoms with E-state index in [9.17, 15) is 0 Å². The van der Waals surface area contributed by atoms with Crippen molar-refractivity contribution in [2.75, 3.05) is 0 Å². The summed E-state index contributed by atoms with van der Waals surface area (Å²) in [6.07, 6.45) is 7.57. The molecule has 26 heavy (non-hydrogen) atoms. The van der Waals surface area contributed by atoms with E-state index in [-0.39, 0.29) is 0 Å². The fraction of sp³-hybridized carbons (Fsp3) is 0.231. The number of hydrogen-bond acceptors (Lipinski definition) is 0. The lowest BCUT2D eigenvalue weighted by molar-refractivity contribution is 0.642. The molecule has 4 rings (SSSR count). The lowest BCUT2D eigenvalue weighted by Gasteiger charge is -2.08. The van der Waals surface area contributed by atoms with Crippen molar-refractivity contribution >= 4 is 21.5 Å². The summed E-state index contributed by atoms with van der Waals surface area (Å²) >= 11 is 0. The summed E-state index contributed by atoms with van der Waals surface area (Å²) in [7, 11) is 0. The Morgan fingerprint density at radius 2 is 0.808 bits per heavy atom. The molecule has 0 heteroatoms. The molecule has 0 aromatic heterocycles. The molecule has 4 aromatic rings. The molecule has 4 aromatic carbocycles. The van der Waals surface area contributed by atoms with Crippen molar-refractivity contribution in [3.63, 3.8) is 0 Å². The zero-order valence-corrected chi connectivity index (χ0v) is 15.3. The lowest BCUT2D eigenvalue weighted by Crippen LogP contribution is -1.90. The molecular formula is C26H26. The summed E-state index contributed by atoms with van der Waals surface area (Å²) < 4.78 is 0. The minimum atomic E-state index is 1.19. The van der Waals surface area contributed by atoms with Crippen molar-refractivity contribution in [1.82, 2.24) is 0 Å². The molecule has 0 radical (unpaired) electrons. The first-order valence-corrected chi connectivity index (χ1v) is 9.85. The summed E-state index contributed by atoms with van der Waals surface area (Å²) in [5.74, 6) is 0. The number of rotatable bonds is 7. The normalized spacial score (nSPS) is 11.2. The van der Waals surface area contributed by atoms with Gasteiger partial charge in [-0.05, 0) is 58.4 Å². The topological polar surface area (TPSA) is 0 Å². The van der Waals surface area contributed by atoms with Gasteiger partial charge in [0.15, 0.2) is 0 Å². The summed E-state index contributed by atoms with van der Waals surface area (Å²) in [5.41, 5.74) is 2.99. The number of aryl methyl sites for hydroxylation is 2. The molecule has 0 unspecified atom stereocenters. The van der Waals surface area contributed by atoms with Crippen LogP contribution in [0.25, 0.3) is 21.5 Å². The van der Waals surface area contributed by atoms with E-state index in [1.54, 1.807) is 0 Å². The predicted molar refractivity (Wildman–Crippen MR) is 114 cm³/mol. The number of benzene rings is 4. The fourth-order valence-corrected chi connectivity index (χ4v) is 4.01. The Morgan fingerprint density at radius 1 is 0.385 bits per heavy atom. The summed E-state index contributed by atoms with van der Waals surface area (Å²) in [6, 6.07) is 30.9. The summed E-state index contributed by atoms with van der Waals surface area (Å²) in [4.78, 5) is 0. The Bertz CT molecular complexity index is 903. The Hall–Kier alpha value is -2.60. The van der Waals surface area contributed by atoms with Gasteiger partial charge in [-0.15, -0.1) is 0 Å². The van der Waals surface area contributed by atoms with E-state index >= 15 is 0 Å². The molecule has 130 valence electrons. The van der Waals surface area contributed by atoms with Crippen LogP contribution in [0.5, 0.6) is 0 Å². The van der Waals surface area contributed by atoms with Crippen LogP contribution in [-0.2, 0) is 12.8 Å². The molecule has 0 aliphatic heterocycles. The van der Waals surface area contributed by atoms with Gasteiger partial charge in [-0.25, -0.2) is 0 Å². The maximum absolute atomic E-state index is 2.29. The van der Waals surface area contributed by atoms with Gasteiger partial charge in [-0.1, -0.05) is 97.8 Å². The van der Waals surface area contributed by atoms with Gasteiger partial charge in [0, 0.05) is 0 Å². The van der Waals surface area contributed by atoms with Gasteiger partial charge in [0.1, 0.15) is 0 Å². The molecule has 0 spiro atoms. The van der Waals surface area contributed by atoms with Crippen LogP contribution < -0.4 is 0 Å². The highest BCUT2D eigenvalue weighted by atomic mass is 14.1. The third-order valence-corrected chi connectivity index (χ3v) is 5.40. The largest absolute Gasteiger partial charge is 0.0616 e. The third-order valence-electron chi connectivity index (χ3n) is 5.40. The molecule has 0 heterocycles. The van der Waals surface area contributed by atoms with Crippen molar-refractivity contribution in [2.45, 2.75) is 38.5 Å². The molecular weight excluding hydrogens is 312 g/mol. The van der Waals surface area contributed by atoms with Crippen LogP contribution in [0.2, 0.25) is 0 Å². The average molecular weight is 338 g/mol. The van der Waals surface area contributed by atoms with Crippen molar-refractivity contribution in [1.29, 1.82) is 0 Å². The van der Waals surface area contributed by atoms with E-state index in [1.165, 1.54) is 71.2 Å². The molecule has 0 bridgehead atoms. The van der Waals surface area contributed by atoms with Crippen LogP contribution >= 0.6 is 0 Å². The average Bonchev–Trinajstić information content (AvgIpc) is 2.71. The Balaban J connectivity index is 1.28. The van der Waals surface area contributed by atoms with Crippen molar-refractivity contribution < 1.29 is 0 Å². The first-order valence-electron chi connectivity index (χ1n) is 9.85. The Kier molecular flexibility index (Phi) is 5.30. The molecule has 0 nitrogen and oxygen atoms in total. The Morgan fingerprint density at radius 3 is 1.31 bits per heavy atom. The predicted octanol–water partition coefficient (Wildman–Crippen LogP) is 7.34. The first-order chi connectivity index (χ1) is 12.9. The van der Waals surface area contributed by atoms with E-state index < -0.39 is 0 Å². The fourth-order valence-electron chi connectivity index (χ4n) is 4.01. The van der Waals surface area contributed by atoms with Gasteiger partial charge in [0.05, 0.1) is 0 Å². The van der Waals surface area contributed by atoms with Crippen LogP contribution in [0.4, 0.5) is 0 Å². The zero-order chi connectivity index (χ0) is 17.6. The molecule has 0 aliphatic rings. The maximum Gasteiger partial charge on any atom is -0.0152 e. The highest BCUT2D eigenvalue weighted by Crippen LogP contribution is 2.22. The van der Waals surface area contributed by atoms with Crippen LogP contribution in [-0.4, -0.2) is 0 Å². The smallest absolute Gasteiger partial charge is 0.0152 e. The zero-order valence-electron chi connectivity index (χ0n) is 15.3. The van der Waals surface area contributed by atoms with Gasteiger partial charge >= 0.3 is 0 Å². The minimum Gasteiger partial charge on any atom is -0.0616 e. The summed E-state index contributed by atoms with van der Waals surface area (Å²) in [6.45, 7) is 0. The number of fused-ring (bicyclic) bond motifs is 2. The SMILES string of the molecule is c1ccc2c(CCCCCCc3cccc4ccccc34)cccc2c1. The van der Waals surface area contributed by atoms with Gasteiger partial charge in [0.2, 0.25) is 0 Å². The second-order valence-corrected chi connectivity index (χ2v) is 7.19. The van der Waals surface area contributed by atoms with Gasteiger partial charge < -0.3 is 0 Å². The van der Waals surface area contributed by atoms with E-state index in [1.807, 2.05) is 0 Å². The van der Waals surface area contributed by atoms with E-state index in [0.29, 0.717) is 0 Å². The molecule has 0 saturated carbocycles.